The lowest BCUT2D eigenvalue weighted by Gasteiger charge is -2.34. The zero-order valence-electron chi connectivity index (χ0n) is 10.8. The third-order valence-electron chi connectivity index (χ3n) is 3.90. The van der Waals surface area contributed by atoms with E-state index in [1.165, 1.54) is 17.7 Å². The number of piperazine rings is 1. The van der Waals surface area contributed by atoms with Crippen LogP contribution >= 0.6 is 0 Å². The Labute approximate surface area is 107 Å². The lowest BCUT2D eigenvalue weighted by atomic mass is 10.0. The van der Waals surface area contributed by atoms with E-state index < -0.39 is 6.04 Å². The largest absolute Gasteiger partial charge is 0.321 e. The van der Waals surface area contributed by atoms with E-state index in [9.17, 15) is 14.4 Å². The lowest BCUT2D eigenvalue weighted by molar-refractivity contribution is -0.150. The number of hydrogen-bond donors (Lipinski definition) is 1. The van der Waals surface area contributed by atoms with Crippen LogP contribution in [-0.2, 0) is 14.4 Å². The average molecular weight is 252 g/mol. The van der Waals surface area contributed by atoms with Gasteiger partial charge in [0, 0.05) is 6.42 Å². The molecule has 0 radical (unpaired) electrons. The van der Waals surface area contributed by atoms with Gasteiger partial charge in [0.15, 0.2) is 0 Å². The molecule has 1 unspecified atom stereocenters. The van der Waals surface area contributed by atoms with E-state index in [-0.39, 0.29) is 24.3 Å². The van der Waals surface area contributed by atoms with Gasteiger partial charge in [0.2, 0.25) is 17.7 Å². The van der Waals surface area contributed by atoms with E-state index in [0.717, 1.165) is 12.8 Å². The fourth-order valence-electron chi connectivity index (χ4n) is 2.91. The first-order valence-corrected chi connectivity index (χ1v) is 6.75. The summed E-state index contributed by atoms with van der Waals surface area (Å²) < 4.78 is 0. The minimum absolute atomic E-state index is 0.0236. The van der Waals surface area contributed by atoms with Crippen molar-refractivity contribution in [3.05, 3.63) is 0 Å². The molecule has 3 amide bonds. The van der Waals surface area contributed by atoms with Gasteiger partial charge in [-0.15, -0.1) is 0 Å². The van der Waals surface area contributed by atoms with Crippen LogP contribution in [0.4, 0.5) is 0 Å². The quantitative estimate of drug-likeness (QED) is 0.757. The predicted molar refractivity (Wildman–Crippen MR) is 65.5 cm³/mol. The number of nitrogens with one attached hydrogen (secondary N) is 1. The highest BCUT2D eigenvalue weighted by Crippen LogP contribution is 2.28. The molecule has 2 fully saturated rings. The lowest BCUT2D eigenvalue weighted by Crippen LogP contribution is -2.59. The van der Waals surface area contributed by atoms with Gasteiger partial charge in [0.1, 0.15) is 12.6 Å². The molecule has 18 heavy (non-hydrogen) atoms. The number of nitrogens with zero attached hydrogens (tertiary/aromatic N) is 1. The van der Waals surface area contributed by atoms with Gasteiger partial charge in [-0.25, -0.2) is 0 Å². The molecule has 2 aliphatic rings. The summed E-state index contributed by atoms with van der Waals surface area (Å²) in [6, 6.07) is -0.475. The first kappa shape index (κ1) is 13.1. The monoisotopic (exact) mass is 252 g/mol. The maximum absolute atomic E-state index is 12.2. The average Bonchev–Trinajstić information content (AvgIpc) is 2.80. The molecule has 5 heteroatoms. The second kappa shape index (κ2) is 5.50. The SMILES string of the molecule is CCC1C(=O)NC(=O)CN1C(=O)CC1CCCC1. The maximum atomic E-state index is 12.2. The number of hydrogen-bond acceptors (Lipinski definition) is 3. The van der Waals surface area contributed by atoms with Gasteiger partial charge in [-0.3, -0.25) is 19.7 Å². The Bertz CT molecular complexity index is 361. The minimum atomic E-state index is -0.475. The van der Waals surface area contributed by atoms with Crippen molar-refractivity contribution in [3.63, 3.8) is 0 Å². The van der Waals surface area contributed by atoms with Crippen molar-refractivity contribution < 1.29 is 14.4 Å². The number of carbonyl (C=O) groups excluding carboxylic acids is 3. The van der Waals surface area contributed by atoms with Gasteiger partial charge < -0.3 is 4.90 Å². The summed E-state index contributed by atoms with van der Waals surface area (Å²) in [6.45, 7) is 1.88. The van der Waals surface area contributed by atoms with E-state index >= 15 is 0 Å². The van der Waals surface area contributed by atoms with Gasteiger partial charge in [0.25, 0.3) is 0 Å². The highest BCUT2D eigenvalue weighted by molar-refractivity contribution is 6.04. The van der Waals surface area contributed by atoms with E-state index in [2.05, 4.69) is 5.32 Å². The van der Waals surface area contributed by atoms with Crippen molar-refractivity contribution >= 4 is 17.7 Å². The van der Waals surface area contributed by atoms with E-state index in [1.807, 2.05) is 6.92 Å². The van der Waals surface area contributed by atoms with E-state index in [0.29, 0.717) is 18.8 Å². The minimum Gasteiger partial charge on any atom is -0.321 e. The van der Waals surface area contributed by atoms with Gasteiger partial charge in [-0.2, -0.15) is 0 Å². The molecule has 0 aromatic heterocycles. The van der Waals surface area contributed by atoms with Crippen LogP contribution in [-0.4, -0.2) is 35.2 Å². The highest BCUT2D eigenvalue weighted by Gasteiger charge is 2.36. The molecule has 1 aliphatic heterocycles. The van der Waals surface area contributed by atoms with E-state index in [4.69, 9.17) is 0 Å². The molecule has 5 nitrogen and oxygen atoms in total. The zero-order chi connectivity index (χ0) is 13.1. The van der Waals surface area contributed by atoms with Crippen molar-refractivity contribution in [1.82, 2.24) is 10.2 Å². The molecule has 1 atom stereocenters. The van der Waals surface area contributed by atoms with Crippen LogP contribution in [0.1, 0.15) is 45.4 Å². The van der Waals surface area contributed by atoms with Gasteiger partial charge in [-0.05, 0) is 25.2 Å². The number of carbonyl (C=O) groups is 3. The summed E-state index contributed by atoms with van der Waals surface area (Å²) in [6.07, 6.45) is 5.60. The zero-order valence-corrected chi connectivity index (χ0v) is 10.8. The molecular formula is C13H20N2O3. The molecule has 1 N–H and O–H groups in total. The number of amides is 3. The second-order valence-electron chi connectivity index (χ2n) is 5.21. The third kappa shape index (κ3) is 2.71. The van der Waals surface area contributed by atoms with Crippen LogP contribution in [0, 0.1) is 5.92 Å². The Hall–Kier alpha value is -1.39. The fraction of sp³-hybridized carbons (Fsp3) is 0.769. The third-order valence-corrected chi connectivity index (χ3v) is 3.90. The Morgan fingerprint density at radius 2 is 2.00 bits per heavy atom. The van der Waals surface area contributed by atoms with Crippen molar-refractivity contribution in [2.45, 2.75) is 51.5 Å². The summed E-state index contributed by atoms with van der Waals surface area (Å²) in [5, 5.41) is 2.29. The van der Waals surface area contributed by atoms with Crippen LogP contribution in [0.2, 0.25) is 0 Å². The van der Waals surface area contributed by atoms with Gasteiger partial charge >= 0.3 is 0 Å². The van der Waals surface area contributed by atoms with Crippen LogP contribution in [0.5, 0.6) is 0 Å². The summed E-state index contributed by atoms with van der Waals surface area (Å²) in [4.78, 5) is 36.7. The normalized spacial score (nSPS) is 25.4. The fourth-order valence-corrected chi connectivity index (χ4v) is 2.91. The molecular weight excluding hydrogens is 232 g/mol. The Morgan fingerprint density at radius 1 is 1.33 bits per heavy atom. The summed E-state index contributed by atoms with van der Waals surface area (Å²) >= 11 is 0. The molecule has 100 valence electrons. The Kier molecular flexibility index (Phi) is 3.99. The predicted octanol–water partition coefficient (Wildman–Crippen LogP) is 0.830. The van der Waals surface area contributed by atoms with Crippen molar-refractivity contribution in [3.8, 4) is 0 Å². The molecule has 2 rings (SSSR count). The van der Waals surface area contributed by atoms with Crippen LogP contribution in [0.15, 0.2) is 0 Å². The summed E-state index contributed by atoms with van der Waals surface area (Å²) in [5.41, 5.74) is 0. The van der Waals surface area contributed by atoms with Gasteiger partial charge in [-0.1, -0.05) is 19.8 Å². The molecule has 0 aromatic rings. The first-order valence-electron chi connectivity index (χ1n) is 6.75. The van der Waals surface area contributed by atoms with Crippen molar-refractivity contribution in [2.24, 2.45) is 5.92 Å². The number of imide groups is 1. The van der Waals surface area contributed by atoms with Crippen LogP contribution in [0.3, 0.4) is 0 Å². The molecule has 1 heterocycles. The Balaban J connectivity index is 2.01. The molecule has 0 spiro atoms. The standard InChI is InChI=1S/C13H20N2O3/c1-2-10-13(18)14-11(16)8-15(10)12(17)7-9-5-3-4-6-9/h9-10H,2-8H2,1H3,(H,14,16,18). The van der Waals surface area contributed by atoms with Crippen molar-refractivity contribution in [1.29, 1.82) is 0 Å². The first-order chi connectivity index (χ1) is 8.61. The van der Waals surface area contributed by atoms with E-state index in [1.54, 1.807) is 0 Å². The van der Waals surface area contributed by atoms with Crippen molar-refractivity contribution in [2.75, 3.05) is 6.54 Å². The van der Waals surface area contributed by atoms with Crippen LogP contribution < -0.4 is 5.32 Å². The molecule has 1 saturated carbocycles. The maximum Gasteiger partial charge on any atom is 0.249 e. The smallest absolute Gasteiger partial charge is 0.249 e. The highest BCUT2D eigenvalue weighted by atomic mass is 16.2. The van der Waals surface area contributed by atoms with Crippen LogP contribution in [0.25, 0.3) is 0 Å². The summed E-state index contributed by atoms with van der Waals surface area (Å²) in [5.74, 6) is -0.315. The molecule has 1 saturated heterocycles. The number of rotatable bonds is 3. The summed E-state index contributed by atoms with van der Waals surface area (Å²) in [7, 11) is 0. The second-order valence-corrected chi connectivity index (χ2v) is 5.21. The molecule has 0 bridgehead atoms. The molecule has 0 aromatic carbocycles. The topological polar surface area (TPSA) is 66.5 Å². The van der Waals surface area contributed by atoms with Gasteiger partial charge in [0.05, 0.1) is 0 Å². The Morgan fingerprint density at radius 3 is 2.61 bits per heavy atom. The molecule has 1 aliphatic carbocycles.